The number of carbonyl (C=O) groups excluding carboxylic acids is 1. The fourth-order valence-corrected chi connectivity index (χ4v) is 3.75. The molecule has 0 saturated carbocycles. The number of likely N-dealkylation sites (tertiary alicyclic amines) is 1. The molecule has 1 saturated heterocycles. The second-order valence-corrected chi connectivity index (χ2v) is 7.61. The van der Waals surface area contributed by atoms with Crippen molar-refractivity contribution in [2.24, 2.45) is 11.1 Å². The van der Waals surface area contributed by atoms with E-state index in [1.807, 2.05) is 52.9 Å². The van der Waals surface area contributed by atoms with Gasteiger partial charge >= 0.3 is 0 Å². The standard InChI is InChI=1S/C21H25N5O.2ClH/c1-3-26-19-17(12-23-26)16(11-18(24-19)15-7-5-4-6-8-15)20(27)25-10-9-21(2,13-22)14-25;;/h4-8,11-12H,3,9-10,13-14,22H2,1-2H3;2*1H. The number of nitrogens with zero attached hydrogens (tertiary/aromatic N) is 4. The quantitative estimate of drug-likeness (QED) is 0.676. The van der Waals surface area contributed by atoms with Gasteiger partial charge in [0.15, 0.2) is 5.65 Å². The van der Waals surface area contributed by atoms with Crippen LogP contribution >= 0.6 is 24.8 Å². The third-order valence-corrected chi connectivity index (χ3v) is 5.55. The number of halogens is 2. The number of carbonyl (C=O) groups is 1. The van der Waals surface area contributed by atoms with E-state index in [1.54, 1.807) is 6.20 Å². The number of hydrogen-bond acceptors (Lipinski definition) is 4. The van der Waals surface area contributed by atoms with Crippen LogP contribution in [0.3, 0.4) is 0 Å². The van der Waals surface area contributed by atoms with E-state index in [1.165, 1.54) is 0 Å². The SMILES string of the molecule is CCn1ncc2c(C(=O)N3CCC(C)(CN)C3)cc(-c3ccccc3)nc21.Cl.Cl. The molecule has 0 spiro atoms. The number of benzene rings is 1. The first-order valence-corrected chi connectivity index (χ1v) is 9.46. The molecule has 1 atom stereocenters. The molecule has 2 N–H and O–H groups in total. The van der Waals surface area contributed by atoms with E-state index in [9.17, 15) is 4.79 Å². The zero-order valence-electron chi connectivity index (χ0n) is 16.7. The lowest BCUT2D eigenvalue weighted by molar-refractivity contribution is 0.0779. The van der Waals surface area contributed by atoms with Crippen LogP contribution in [-0.2, 0) is 6.54 Å². The Hall–Kier alpha value is -2.15. The van der Waals surface area contributed by atoms with E-state index in [0.717, 1.165) is 35.3 Å². The summed E-state index contributed by atoms with van der Waals surface area (Å²) in [7, 11) is 0. The molecule has 1 unspecified atom stereocenters. The molecule has 2 aromatic heterocycles. The molecule has 1 fully saturated rings. The van der Waals surface area contributed by atoms with Crippen molar-refractivity contribution in [1.82, 2.24) is 19.7 Å². The van der Waals surface area contributed by atoms with Gasteiger partial charge in [-0.15, -0.1) is 24.8 Å². The van der Waals surface area contributed by atoms with Crippen LogP contribution in [-0.4, -0.2) is 45.2 Å². The van der Waals surface area contributed by atoms with Crippen molar-refractivity contribution >= 4 is 41.8 Å². The van der Waals surface area contributed by atoms with Crippen LogP contribution in [0.25, 0.3) is 22.3 Å². The number of aromatic nitrogens is 3. The van der Waals surface area contributed by atoms with Gasteiger partial charge in [-0.1, -0.05) is 37.3 Å². The second kappa shape index (κ2) is 9.11. The van der Waals surface area contributed by atoms with E-state index in [2.05, 4.69) is 12.0 Å². The van der Waals surface area contributed by atoms with Crippen molar-refractivity contribution in [3.63, 3.8) is 0 Å². The minimum Gasteiger partial charge on any atom is -0.338 e. The van der Waals surface area contributed by atoms with Crippen LogP contribution in [0.4, 0.5) is 0 Å². The summed E-state index contributed by atoms with van der Waals surface area (Å²) in [6, 6.07) is 11.9. The minimum atomic E-state index is -0.00232. The van der Waals surface area contributed by atoms with Gasteiger partial charge in [-0.25, -0.2) is 9.67 Å². The lowest BCUT2D eigenvalue weighted by atomic mass is 9.90. The van der Waals surface area contributed by atoms with Crippen LogP contribution in [0.5, 0.6) is 0 Å². The number of amides is 1. The number of aryl methyl sites for hydroxylation is 1. The maximum atomic E-state index is 13.4. The van der Waals surface area contributed by atoms with E-state index >= 15 is 0 Å². The Labute approximate surface area is 183 Å². The molecule has 0 bridgehead atoms. The molecule has 1 aliphatic heterocycles. The lowest BCUT2D eigenvalue weighted by Gasteiger charge is -2.23. The molecule has 3 heterocycles. The van der Waals surface area contributed by atoms with Crippen LogP contribution < -0.4 is 5.73 Å². The van der Waals surface area contributed by atoms with Gasteiger partial charge in [0, 0.05) is 25.2 Å². The first-order chi connectivity index (χ1) is 13.0. The van der Waals surface area contributed by atoms with Crippen LogP contribution in [0.15, 0.2) is 42.6 Å². The monoisotopic (exact) mass is 435 g/mol. The average molecular weight is 436 g/mol. The van der Waals surface area contributed by atoms with Gasteiger partial charge in [0.1, 0.15) is 0 Å². The Morgan fingerprint density at radius 3 is 2.59 bits per heavy atom. The molecule has 1 aromatic carbocycles. The van der Waals surface area contributed by atoms with E-state index < -0.39 is 0 Å². The Kier molecular flexibility index (Phi) is 7.27. The van der Waals surface area contributed by atoms with Crippen molar-refractivity contribution in [2.45, 2.75) is 26.8 Å². The maximum Gasteiger partial charge on any atom is 0.254 e. The summed E-state index contributed by atoms with van der Waals surface area (Å²) >= 11 is 0. The molecule has 3 aromatic rings. The van der Waals surface area contributed by atoms with Crippen molar-refractivity contribution in [2.75, 3.05) is 19.6 Å². The van der Waals surface area contributed by atoms with Crippen molar-refractivity contribution in [1.29, 1.82) is 0 Å². The summed E-state index contributed by atoms with van der Waals surface area (Å²) < 4.78 is 1.84. The zero-order chi connectivity index (χ0) is 19.0. The Morgan fingerprint density at radius 2 is 1.97 bits per heavy atom. The smallest absolute Gasteiger partial charge is 0.254 e. The highest BCUT2D eigenvalue weighted by Gasteiger charge is 2.36. The first-order valence-electron chi connectivity index (χ1n) is 9.46. The minimum absolute atomic E-state index is 0. The molecule has 29 heavy (non-hydrogen) atoms. The highest BCUT2D eigenvalue weighted by Crippen LogP contribution is 2.32. The normalized spacial score (nSPS) is 18.4. The summed E-state index contributed by atoms with van der Waals surface area (Å²) in [5.74, 6) is 0.0346. The van der Waals surface area contributed by atoms with E-state index in [4.69, 9.17) is 10.7 Å². The largest absolute Gasteiger partial charge is 0.338 e. The number of pyridine rings is 1. The van der Waals surface area contributed by atoms with Gasteiger partial charge in [-0.05, 0) is 31.4 Å². The van der Waals surface area contributed by atoms with Gasteiger partial charge in [-0.2, -0.15) is 5.10 Å². The van der Waals surface area contributed by atoms with Gasteiger partial charge in [0.25, 0.3) is 5.91 Å². The average Bonchev–Trinajstić information content (AvgIpc) is 3.31. The third kappa shape index (κ3) is 4.25. The first kappa shape index (κ1) is 23.1. The third-order valence-electron chi connectivity index (χ3n) is 5.55. The van der Waals surface area contributed by atoms with Crippen molar-refractivity contribution in [3.8, 4) is 11.3 Å². The molecular formula is C21H27Cl2N5O. The van der Waals surface area contributed by atoms with E-state index in [0.29, 0.717) is 25.2 Å². The van der Waals surface area contributed by atoms with E-state index in [-0.39, 0.29) is 36.1 Å². The summed E-state index contributed by atoms with van der Waals surface area (Å²) in [6.45, 7) is 6.89. The molecule has 0 radical (unpaired) electrons. The number of fused-ring (bicyclic) bond motifs is 1. The fourth-order valence-electron chi connectivity index (χ4n) is 3.75. The van der Waals surface area contributed by atoms with Crippen molar-refractivity contribution in [3.05, 3.63) is 48.2 Å². The summed E-state index contributed by atoms with van der Waals surface area (Å²) in [6.07, 6.45) is 2.69. The molecule has 4 rings (SSSR count). The molecule has 1 amide bonds. The van der Waals surface area contributed by atoms with Crippen LogP contribution in [0.2, 0.25) is 0 Å². The van der Waals surface area contributed by atoms with Gasteiger partial charge < -0.3 is 10.6 Å². The maximum absolute atomic E-state index is 13.4. The van der Waals surface area contributed by atoms with Crippen LogP contribution in [0.1, 0.15) is 30.6 Å². The van der Waals surface area contributed by atoms with Crippen LogP contribution in [0, 0.1) is 5.41 Å². The number of nitrogens with two attached hydrogens (primary N) is 1. The second-order valence-electron chi connectivity index (χ2n) is 7.61. The highest BCUT2D eigenvalue weighted by molar-refractivity contribution is 6.06. The number of rotatable bonds is 4. The highest BCUT2D eigenvalue weighted by atomic mass is 35.5. The summed E-state index contributed by atoms with van der Waals surface area (Å²) in [5, 5.41) is 5.23. The number of hydrogen-bond donors (Lipinski definition) is 1. The van der Waals surface area contributed by atoms with Gasteiger partial charge in [-0.3, -0.25) is 4.79 Å². The summed E-state index contributed by atoms with van der Waals surface area (Å²) in [4.78, 5) is 20.1. The fraction of sp³-hybridized carbons (Fsp3) is 0.381. The van der Waals surface area contributed by atoms with Gasteiger partial charge in [0.05, 0.1) is 22.8 Å². The molecule has 8 heteroatoms. The lowest BCUT2D eigenvalue weighted by Crippen LogP contribution is -2.34. The predicted octanol–water partition coefficient (Wildman–Crippen LogP) is 3.77. The molecule has 156 valence electrons. The summed E-state index contributed by atoms with van der Waals surface area (Å²) in [5.41, 5.74) is 9.12. The molecule has 6 nitrogen and oxygen atoms in total. The Morgan fingerprint density at radius 1 is 1.24 bits per heavy atom. The molecule has 1 aliphatic rings. The molecule has 0 aliphatic carbocycles. The van der Waals surface area contributed by atoms with Crippen molar-refractivity contribution < 1.29 is 4.79 Å². The zero-order valence-corrected chi connectivity index (χ0v) is 18.3. The Balaban J connectivity index is 0.00000150. The van der Waals surface area contributed by atoms with Gasteiger partial charge in [0.2, 0.25) is 0 Å². The molecular weight excluding hydrogens is 409 g/mol. The Bertz CT molecular complexity index is 991. The predicted molar refractivity (Wildman–Crippen MR) is 121 cm³/mol. The topological polar surface area (TPSA) is 77.0 Å².